The normalized spacial score (nSPS) is 15.9. The van der Waals surface area contributed by atoms with E-state index in [2.05, 4.69) is 52.0 Å². The Balaban J connectivity index is 1.39. The van der Waals surface area contributed by atoms with Crippen molar-refractivity contribution in [1.82, 2.24) is 15.6 Å². The molecule has 34 heavy (non-hydrogen) atoms. The Hall–Kier alpha value is -3.99. The minimum atomic E-state index is -0.376. The molecule has 2 N–H and O–H groups in total. The third-order valence-electron chi connectivity index (χ3n) is 6.46. The van der Waals surface area contributed by atoms with Crippen molar-refractivity contribution in [2.45, 2.75) is 25.3 Å². The molecule has 0 fully saturated rings. The van der Waals surface area contributed by atoms with Crippen molar-refractivity contribution in [2.24, 2.45) is 5.92 Å². The Kier molecular flexibility index (Phi) is 6.34. The van der Waals surface area contributed by atoms with E-state index in [0.717, 1.165) is 39.9 Å². The topological polar surface area (TPSA) is 71.1 Å². The molecule has 0 saturated carbocycles. The molecule has 1 aliphatic carbocycles. The molecule has 170 valence electrons. The molecule has 0 aliphatic heterocycles. The Bertz CT molecular complexity index is 1370. The Labute approximate surface area is 198 Å². The first-order chi connectivity index (χ1) is 16.7. The maximum atomic E-state index is 13.4. The molecule has 0 saturated heterocycles. The largest absolute Gasteiger partial charge is 0.354 e. The fraction of sp³-hybridized carbons (Fsp3) is 0.207. The summed E-state index contributed by atoms with van der Waals surface area (Å²) in [5.74, 6) is 0.0920. The quantitative estimate of drug-likeness (QED) is 0.375. The van der Waals surface area contributed by atoms with Gasteiger partial charge in [-0.2, -0.15) is 0 Å². The van der Waals surface area contributed by atoms with Crippen molar-refractivity contribution >= 4 is 33.4 Å². The molecule has 0 radical (unpaired) electrons. The number of nitrogens with zero attached hydrogens (tertiary/aromatic N) is 1. The zero-order valence-electron chi connectivity index (χ0n) is 18.9. The van der Waals surface area contributed by atoms with Gasteiger partial charge in [-0.15, -0.1) is 0 Å². The molecule has 3 aromatic carbocycles. The van der Waals surface area contributed by atoms with E-state index < -0.39 is 0 Å². The summed E-state index contributed by atoms with van der Waals surface area (Å²) in [4.78, 5) is 30.2. The van der Waals surface area contributed by atoms with Crippen LogP contribution in [0.4, 0.5) is 0 Å². The number of benzene rings is 3. The second-order valence-corrected chi connectivity index (χ2v) is 8.81. The number of aromatic nitrogens is 1. The van der Waals surface area contributed by atoms with Gasteiger partial charge in [0.05, 0.1) is 11.6 Å². The molecule has 5 heteroatoms. The lowest BCUT2D eigenvalue weighted by Gasteiger charge is -2.21. The zero-order chi connectivity index (χ0) is 23.3. The van der Waals surface area contributed by atoms with E-state index in [1.165, 1.54) is 0 Å². The smallest absolute Gasteiger partial charge is 0.254 e. The molecular weight excluding hydrogens is 422 g/mol. The highest BCUT2D eigenvalue weighted by molar-refractivity contribution is 6.06. The van der Waals surface area contributed by atoms with Crippen LogP contribution in [0, 0.1) is 5.92 Å². The number of hydrogen-bond acceptors (Lipinski definition) is 3. The first kappa shape index (κ1) is 21.8. The van der Waals surface area contributed by atoms with E-state index in [1.807, 2.05) is 42.5 Å². The predicted molar refractivity (Wildman–Crippen MR) is 135 cm³/mol. The summed E-state index contributed by atoms with van der Waals surface area (Å²) in [6.07, 6.45) is 10.1. The lowest BCUT2D eigenvalue weighted by molar-refractivity contribution is -0.121. The van der Waals surface area contributed by atoms with Gasteiger partial charge in [0.1, 0.15) is 0 Å². The monoisotopic (exact) mass is 449 g/mol. The summed E-state index contributed by atoms with van der Waals surface area (Å²) in [5.41, 5.74) is 1.47. The summed E-state index contributed by atoms with van der Waals surface area (Å²) >= 11 is 0. The number of fused-ring (bicyclic) bond motifs is 2. The van der Waals surface area contributed by atoms with Crippen LogP contribution in [0.2, 0.25) is 0 Å². The number of pyridine rings is 1. The fourth-order valence-electron chi connectivity index (χ4n) is 4.60. The highest BCUT2D eigenvalue weighted by Gasteiger charge is 2.20. The second kappa shape index (κ2) is 9.87. The van der Waals surface area contributed by atoms with Gasteiger partial charge in [-0.05, 0) is 46.5 Å². The molecule has 4 aromatic rings. The van der Waals surface area contributed by atoms with Gasteiger partial charge in [-0.3, -0.25) is 14.6 Å². The van der Waals surface area contributed by atoms with Gasteiger partial charge in [0.25, 0.3) is 5.91 Å². The van der Waals surface area contributed by atoms with E-state index in [1.54, 1.807) is 12.4 Å². The van der Waals surface area contributed by atoms with Crippen molar-refractivity contribution in [3.8, 4) is 0 Å². The Morgan fingerprint density at radius 1 is 0.941 bits per heavy atom. The third kappa shape index (κ3) is 4.84. The van der Waals surface area contributed by atoms with Gasteiger partial charge in [0.2, 0.25) is 5.91 Å². The van der Waals surface area contributed by atoms with Gasteiger partial charge >= 0.3 is 0 Å². The van der Waals surface area contributed by atoms with E-state index in [0.29, 0.717) is 24.4 Å². The molecule has 2 unspecified atom stereocenters. The molecule has 1 aliphatic rings. The summed E-state index contributed by atoms with van der Waals surface area (Å²) in [5, 5.41) is 10.2. The SMILES string of the molecule is O=C(CC1C=CCC1)NCC(NC(=O)c1cncc2ccccc12)c1ccc2ccccc2c1. The van der Waals surface area contributed by atoms with Crippen LogP contribution < -0.4 is 10.6 Å². The van der Waals surface area contributed by atoms with Crippen LogP contribution in [-0.4, -0.2) is 23.3 Å². The molecule has 0 bridgehead atoms. The number of amides is 2. The predicted octanol–water partition coefficient (Wildman–Crippen LogP) is 5.33. The fourth-order valence-corrected chi connectivity index (χ4v) is 4.60. The molecule has 2 amide bonds. The van der Waals surface area contributed by atoms with Crippen molar-refractivity contribution in [2.75, 3.05) is 6.54 Å². The summed E-state index contributed by atoms with van der Waals surface area (Å²) < 4.78 is 0. The molecule has 1 heterocycles. The number of carbonyl (C=O) groups excluding carboxylic acids is 2. The summed E-state index contributed by atoms with van der Waals surface area (Å²) in [7, 11) is 0. The Morgan fingerprint density at radius 3 is 2.56 bits per heavy atom. The van der Waals surface area contributed by atoms with Crippen LogP contribution in [0.25, 0.3) is 21.5 Å². The van der Waals surface area contributed by atoms with Crippen LogP contribution in [0.15, 0.2) is 91.3 Å². The molecule has 1 aromatic heterocycles. The van der Waals surface area contributed by atoms with E-state index in [4.69, 9.17) is 0 Å². The van der Waals surface area contributed by atoms with Crippen LogP contribution in [0.5, 0.6) is 0 Å². The second-order valence-electron chi connectivity index (χ2n) is 8.81. The van der Waals surface area contributed by atoms with Crippen LogP contribution >= 0.6 is 0 Å². The number of carbonyl (C=O) groups is 2. The highest BCUT2D eigenvalue weighted by Crippen LogP contribution is 2.23. The van der Waals surface area contributed by atoms with Gasteiger partial charge in [-0.25, -0.2) is 0 Å². The first-order valence-electron chi connectivity index (χ1n) is 11.7. The molecule has 5 nitrogen and oxygen atoms in total. The summed E-state index contributed by atoms with van der Waals surface area (Å²) in [6.45, 7) is 0.317. The third-order valence-corrected chi connectivity index (χ3v) is 6.46. The van der Waals surface area contributed by atoms with E-state index in [-0.39, 0.29) is 17.9 Å². The zero-order valence-corrected chi connectivity index (χ0v) is 18.9. The van der Waals surface area contributed by atoms with Gasteiger partial charge in [-0.1, -0.05) is 72.8 Å². The van der Waals surface area contributed by atoms with Gasteiger partial charge in [0.15, 0.2) is 0 Å². The minimum Gasteiger partial charge on any atom is -0.354 e. The number of nitrogens with one attached hydrogen (secondary N) is 2. The Morgan fingerprint density at radius 2 is 1.74 bits per heavy atom. The highest BCUT2D eigenvalue weighted by atomic mass is 16.2. The summed E-state index contributed by atoms with van der Waals surface area (Å²) in [6, 6.07) is 21.6. The minimum absolute atomic E-state index is 0.00316. The average molecular weight is 450 g/mol. The van der Waals surface area contributed by atoms with Crippen LogP contribution in [0.3, 0.4) is 0 Å². The van der Waals surface area contributed by atoms with Crippen LogP contribution in [0.1, 0.15) is 41.2 Å². The van der Waals surface area contributed by atoms with Crippen LogP contribution in [-0.2, 0) is 4.79 Å². The standard InChI is InChI=1S/C29H27N3O2/c33-28(15-20-7-1-2-8-20)31-19-27(23-14-13-21-9-3-4-10-22(21)16-23)32-29(34)26-18-30-17-24-11-5-6-12-25(24)26/h1,3-7,9-14,16-18,20,27H,2,8,15,19H2,(H,31,33)(H,32,34). The maximum absolute atomic E-state index is 13.4. The van der Waals surface area contributed by atoms with Crippen molar-refractivity contribution in [3.63, 3.8) is 0 Å². The maximum Gasteiger partial charge on any atom is 0.254 e. The van der Waals surface area contributed by atoms with Crippen molar-refractivity contribution in [3.05, 3.63) is 102 Å². The lowest BCUT2D eigenvalue weighted by Crippen LogP contribution is -2.38. The van der Waals surface area contributed by atoms with E-state index >= 15 is 0 Å². The van der Waals surface area contributed by atoms with Gasteiger partial charge in [0, 0.05) is 30.7 Å². The number of allylic oxidation sites excluding steroid dienone is 2. The molecule has 5 rings (SSSR count). The molecule has 2 atom stereocenters. The van der Waals surface area contributed by atoms with Gasteiger partial charge < -0.3 is 10.6 Å². The molecular formula is C29H27N3O2. The lowest BCUT2D eigenvalue weighted by atomic mass is 10.0. The number of hydrogen-bond donors (Lipinski definition) is 2. The van der Waals surface area contributed by atoms with Crippen molar-refractivity contribution in [1.29, 1.82) is 0 Å². The first-order valence-corrected chi connectivity index (χ1v) is 11.7. The number of rotatable bonds is 7. The van der Waals surface area contributed by atoms with E-state index in [9.17, 15) is 9.59 Å². The van der Waals surface area contributed by atoms with Crippen molar-refractivity contribution < 1.29 is 9.59 Å². The average Bonchev–Trinajstić information content (AvgIpc) is 3.38. The molecule has 0 spiro atoms.